The molecule has 2 heteroatoms. The normalized spacial score (nSPS) is 27.1. The van der Waals surface area contributed by atoms with Crippen molar-refractivity contribution in [2.75, 3.05) is 0 Å². The van der Waals surface area contributed by atoms with E-state index in [0.29, 0.717) is 0 Å². The van der Waals surface area contributed by atoms with Crippen LogP contribution in [0.3, 0.4) is 0 Å². The monoisotopic (exact) mass is 88.1 g/mol. The molecule has 0 saturated heterocycles. The van der Waals surface area contributed by atoms with Gasteiger partial charge in [-0.2, -0.15) is 0 Å². The SMILES string of the molecule is [B][C@H]1C=CC=BC1. The van der Waals surface area contributed by atoms with E-state index >= 15 is 0 Å². The summed E-state index contributed by atoms with van der Waals surface area (Å²) in [7, 11) is 5.50. The third kappa shape index (κ3) is 1.34. The summed E-state index contributed by atoms with van der Waals surface area (Å²) in [6.45, 7) is 2.07. The fraction of sp³-hybridized carbons (Fsp3) is 0.400. The second kappa shape index (κ2) is 2.15. The Hall–Kier alpha value is -0.260. The Labute approximate surface area is 45.9 Å². The van der Waals surface area contributed by atoms with Gasteiger partial charge in [0.05, 0.1) is 0 Å². The maximum atomic E-state index is 5.50. The van der Waals surface area contributed by atoms with Crippen LogP contribution in [0.15, 0.2) is 12.2 Å². The Kier molecular flexibility index (Phi) is 1.50. The van der Waals surface area contributed by atoms with E-state index in [-0.39, 0.29) is 5.82 Å². The summed E-state index contributed by atoms with van der Waals surface area (Å²) in [5.41, 5.74) is 0. The number of hydrogen-bond acceptors (Lipinski definition) is 0. The molecule has 0 aromatic carbocycles. The molecule has 0 bridgehead atoms. The molecule has 0 aromatic rings. The van der Waals surface area contributed by atoms with Gasteiger partial charge in [-0.15, -0.1) is 0 Å². The zero-order chi connectivity index (χ0) is 5.11. The fourth-order valence-corrected chi connectivity index (χ4v) is 0.600. The molecule has 0 saturated carbocycles. The van der Waals surface area contributed by atoms with Crippen molar-refractivity contribution in [2.24, 2.45) is 0 Å². The van der Waals surface area contributed by atoms with Crippen molar-refractivity contribution in [3.8, 4) is 0 Å². The molecule has 0 amide bonds. The second-order valence-corrected chi connectivity index (χ2v) is 1.71. The molecule has 0 nitrogen and oxygen atoms in total. The number of hydrogen-bond donors (Lipinski definition) is 0. The van der Waals surface area contributed by atoms with Crippen LogP contribution in [-0.4, -0.2) is 20.7 Å². The first-order valence-electron chi connectivity index (χ1n) is 2.48. The van der Waals surface area contributed by atoms with Crippen LogP contribution < -0.4 is 0 Å². The Bertz CT molecular complexity index is 105. The molecule has 1 atom stereocenters. The number of allylic oxidation sites excluding steroid dienone is 2. The van der Waals surface area contributed by atoms with E-state index in [4.69, 9.17) is 7.85 Å². The van der Waals surface area contributed by atoms with E-state index in [9.17, 15) is 0 Å². The Morgan fingerprint density at radius 2 is 2.57 bits per heavy atom. The molecule has 0 aliphatic carbocycles. The average molecular weight is 87.7 g/mol. The molecule has 0 N–H and O–H groups in total. The molecule has 0 unspecified atom stereocenters. The van der Waals surface area contributed by atoms with Crippen LogP contribution in [0, 0.1) is 0 Å². The first kappa shape index (κ1) is 4.89. The predicted molar refractivity (Wildman–Crippen MR) is 35.3 cm³/mol. The van der Waals surface area contributed by atoms with Crippen molar-refractivity contribution in [1.29, 1.82) is 0 Å². The summed E-state index contributed by atoms with van der Waals surface area (Å²) in [6, 6.07) is 0. The molecule has 1 rings (SSSR count). The molecule has 2 radical (unpaired) electrons. The van der Waals surface area contributed by atoms with Gasteiger partial charge >= 0.3 is 45.0 Å². The summed E-state index contributed by atoms with van der Waals surface area (Å²) >= 11 is 0. The predicted octanol–water partition coefficient (Wildman–Crippen LogP) is 0.438. The minimum absolute atomic E-state index is 0.269. The van der Waals surface area contributed by atoms with Crippen LogP contribution in [0.25, 0.3) is 0 Å². The van der Waals surface area contributed by atoms with Gasteiger partial charge in [0.1, 0.15) is 0 Å². The van der Waals surface area contributed by atoms with Crippen LogP contribution in [0.5, 0.6) is 0 Å². The quantitative estimate of drug-likeness (QED) is 0.376. The molecule has 0 spiro atoms. The molecule has 1 aliphatic heterocycles. The zero-order valence-corrected chi connectivity index (χ0v) is 4.17. The third-order valence-electron chi connectivity index (χ3n) is 1.01. The first-order valence-corrected chi connectivity index (χ1v) is 2.48. The molecule has 32 valence electrons. The van der Waals surface area contributed by atoms with Crippen molar-refractivity contribution in [3.63, 3.8) is 0 Å². The minimum atomic E-state index is 0.269. The standard InChI is InChI=1S/C5H6B2/c6-5-2-1-3-7-4-5/h1-3,5H,4H2/t5-/m0/s1. The van der Waals surface area contributed by atoms with E-state index in [2.05, 4.69) is 6.92 Å². The summed E-state index contributed by atoms with van der Waals surface area (Å²) in [5, 5.41) is 0. The Morgan fingerprint density at radius 3 is 2.86 bits per heavy atom. The second-order valence-electron chi connectivity index (χ2n) is 1.71. The van der Waals surface area contributed by atoms with E-state index in [0.717, 1.165) is 6.32 Å². The Morgan fingerprint density at radius 1 is 1.71 bits per heavy atom. The van der Waals surface area contributed by atoms with Gasteiger partial charge in [-0.1, -0.05) is 0 Å². The van der Waals surface area contributed by atoms with Crippen molar-refractivity contribution in [3.05, 3.63) is 12.2 Å². The van der Waals surface area contributed by atoms with E-state index in [1.165, 1.54) is 0 Å². The number of rotatable bonds is 0. The topological polar surface area (TPSA) is 0 Å². The van der Waals surface area contributed by atoms with E-state index < -0.39 is 0 Å². The van der Waals surface area contributed by atoms with E-state index in [1.54, 1.807) is 0 Å². The summed E-state index contributed by atoms with van der Waals surface area (Å²) in [4.78, 5) is 0. The molecular weight excluding hydrogens is 81.7 g/mol. The summed E-state index contributed by atoms with van der Waals surface area (Å²) in [5.74, 6) is 2.29. The van der Waals surface area contributed by atoms with Gasteiger partial charge < -0.3 is 0 Å². The summed E-state index contributed by atoms with van der Waals surface area (Å²) < 4.78 is 0. The van der Waals surface area contributed by atoms with Crippen molar-refractivity contribution < 1.29 is 0 Å². The van der Waals surface area contributed by atoms with Crippen LogP contribution in [0.4, 0.5) is 0 Å². The molecule has 7 heavy (non-hydrogen) atoms. The van der Waals surface area contributed by atoms with Gasteiger partial charge in [0, 0.05) is 0 Å². The van der Waals surface area contributed by atoms with Gasteiger partial charge in [0.15, 0.2) is 0 Å². The third-order valence-corrected chi connectivity index (χ3v) is 1.01. The van der Waals surface area contributed by atoms with Gasteiger partial charge in [-0.05, 0) is 0 Å². The molecule has 1 heterocycles. The molecular formula is C5H6B2. The van der Waals surface area contributed by atoms with Crippen LogP contribution in [0.2, 0.25) is 12.1 Å². The van der Waals surface area contributed by atoms with Crippen molar-refractivity contribution in [2.45, 2.75) is 12.1 Å². The first-order chi connectivity index (χ1) is 3.39. The fourth-order valence-electron chi connectivity index (χ4n) is 0.600. The average Bonchev–Trinajstić information content (AvgIpc) is 1.69. The van der Waals surface area contributed by atoms with Gasteiger partial charge in [0.2, 0.25) is 0 Å². The maximum absolute atomic E-state index is 5.50. The van der Waals surface area contributed by atoms with Crippen LogP contribution >= 0.6 is 0 Å². The zero-order valence-electron chi connectivity index (χ0n) is 4.17. The summed E-state index contributed by atoms with van der Waals surface area (Å²) in [6.07, 6.45) is 4.98. The van der Waals surface area contributed by atoms with Gasteiger partial charge in [-0.25, -0.2) is 0 Å². The van der Waals surface area contributed by atoms with Crippen molar-refractivity contribution in [1.82, 2.24) is 0 Å². The van der Waals surface area contributed by atoms with Crippen LogP contribution in [0.1, 0.15) is 0 Å². The van der Waals surface area contributed by atoms with Crippen molar-refractivity contribution >= 4 is 20.7 Å². The van der Waals surface area contributed by atoms with Gasteiger partial charge in [0.25, 0.3) is 0 Å². The van der Waals surface area contributed by atoms with E-state index in [1.807, 2.05) is 18.1 Å². The Balaban J connectivity index is 2.49. The molecule has 0 aromatic heterocycles. The molecule has 1 aliphatic rings. The molecule has 0 fully saturated rings. The van der Waals surface area contributed by atoms with Gasteiger partial charge in [-0.3, -0.25) is 0 Å². The van der Waals surface area contributed by atoms with Crippen LogP contribution in [-0.2, 0) is 0 Å².